The van der Waals surface area contributed by atoms with Crippen LogP contribution in [0.4, 0.5) is 13.2 Å². The Hall–Kier alpha value is -1.56. The van der Waals surface area contributed by atoms with E-state index in [0.717, 1.165) is 18.6 Å². The monoisotopic (exact) mass is 516 g/mol. The number of carbonyl (C=O) groups excluding carboxylic acids is 1. The van der Waals surface area contributed by atoms with Gasteiger partial charge < -0.3 is 19.9 Å². The molecule has 0 aliphatic carbocycles. The molecular weight excluding hydrogens is 488 g/mol. The van der Waals surface area contributed by atoms with Gasteiger partial charge in [0.1, 0.15) is 6.54 Å². The van der Waals surface area contributed by atoms with Crippen molar-refractivity contribution in [3.05, 3.63) is 35.1 Å². The van der Waals surface area contributed by atoms with Gasteiger partial charge in [0.25, 0.3) is 0 Å². The van der Waals surface area contributed by atoms with Crippen molar-refractivity contribution in [2.24, 2.45) is 4.99 Å². The van der Waals surface area contributed by atoms with Gasteiger partial charge in [-0.25, -0.2) is 18.2 Å². The highest BCUT2D eigenvalue weighted by Crippen LogP contribution is 2.14. The quantitative estimate of drug-likeness (QED) is 0.180. The maximum atomic E-state index is 13.4. The summed E-state index contributed by atoms with van der Waals surface area (Å²) in [7, 11) is 4.91. The summed E-state index contributed by atoms with van der Waals surface area (Å²) < 4.78 is 45.2. The molecule has 0 spiro atoms. The van der Waals surface area contributed by atoms with Crippen molar-refractivity contribution >= 4 is 35.8 Å². The zero-order valence-electron chi connectivity index (χ0n) is 16.6. The number of rotatable bonds is 9. The Morgan fingerprint density at radius 1 is 1.18 bits per heavy atom. The average molecular weight is 516 g/mol. The Kier molecular flexibility index (Phi) is 12.8. The maximum absolute atomic E-state index is 13.4. The number of hydrogen-bond acceptors (Lipinski definition) is 3. The Balaban J connectivity index is 0.00000729. The molecule has 0 unspecified atom stereocenters. The number of aliphatic imine (C=N–C) groups is 1. The fraction of sp³-hybridized carbons (Fsp3) is 0.556. The third-order valence-corrected chi connectivity index (χ3v) is 3.64. The SMILES string of the molecule is CCOCCCNC(=NCC(=O)N(C)C)N(C)Cc1cc(F)c(F)c(F)c1.I. The van der Waals surface area contributed by atoms with E-state index in [4.69, 9.17) is 4.74 Å². The van der Waals surface area contributed by atoms with Gasteiger partial charge in [-0.05, 0) is 31.0 Å². The van der Waals surface area contributed by atoms with Gasteiger partial charge in [0.2, 0.25) is 5.91 Å². The first-order valence-electron chi connectivity index (χ1n) is 8.67. The van der Waals surface area contributed by atoms with E-state index in [0.29, 0.717) is 25.7 Å². The fourth-order valence-corrected chi connectivity index (χ4v) is 2.16. The Bertz CT molecular complexity index is 637. The number of amides is 1. The number of carbonyl (C=O) groups is 1. The summed E-state index contributed by atoms with van der Waals surface area (Å²) >= 11 is 0. The second-order valence-electron chi connectivity index (χ2n) is 6.13. The molecule has 0 fully saturated rings. The summed E-state index contributed by atoms with van der Waals surface area (Å²) in [6.07, 6.45) is 0.724. The predicted molar refractivity (Wildman–Crippen MR) is 113 cm³/mol. The lowest BCUT2D eigenvalue weighted by atomic mass is 10.2. The van der Waals surface area contributed by atoms with E-state index in [2.05, 4.69) is 10.3 Å². The van der Waals surface area contributed by atoms with E-state index in [1.165, 1.54) is 4.90 Å². The Morgan fingerprint density at radius 2 is 1.79 bits per heavy atom. The van der Waals surface area contributed by atoms with E-state index in [1.807, 2.05) is 6.92 Å². The van der Waals surface area contributed by atoms with Crippen LogP contribution >= 0.6 is 24.0 Å². The molecule has 0 saturated carbocycles. The van der Waals surface area contributed by atoms with E-state index >= 15 is 0 Å². The molecule has 1 amide bonds. The predicted octanol–water partition coefficient (Wildman–Crippen LogP) is 2.61. The zero-order valence-corrected chi connectivity index (χ0v) is 18.9. The number of guanidine groups is 1. The molecule has 6 nitrogen and oxygen atoms in total. The summed E-state index contributed by atoms with van der Waals surface area (Å²) in [6.45, 7) is 3.66. The molecule has 0 radical (unpaired) electrons. The van der Waals surface area contributed by atoms with Crippen molar-refractivity contribution < 1.29 is 22.7 Å². The highest BCUT2D eigenvalue weighted by atomic mass is 127. The van der Waals surface area contributed by atoms with Crippen LogP contribution in [0.25, 0.3) is 0 Å². The Labute approximate surface area is 181 Å². The second-order valence-corrected chi connectivity index (χ2v) is 6.13. The largest absolute Gasteiger partial charge is 0.382 e. The smallest absolute Gasteiger partial charge is 0.243 e. The number of benzene rings is 1. The molecule has 0 saturated heterocycles. The molecule has 0 heterocycles. The van der Waals surface area contributed by atoms with E-state index in [-0.39, 0.29) is 48.5 Å². The third-order valence-electron chi connectivity index (χ3n) is 3.64. The van der Waals surface area contributed by atoms with Crippen LogP contribution in [0.1, 0.15) is 18.9 Å². The summed E-state index contributed by atoms with van der Waals surface area (Å²) in [6, 6.07) is 1.87. The molecule has 10 heteroatoms. The van der Waals surface area contributed by atoms with Gasteiger partial charge in [-0.3, -0.25) is 4.79 Å². The lowest BCUT2D eigenvalue weighted by Gasteiger charge is -2.23. The Morgan fingerprint density at radius 3 is 2.32 bits per heavy atom. The molecule has 0 aliphatic rings. The van der Waals surface area contributed by atoms with Crippen LogP contribution < -0.4 is 5.32 Å². The van der Waals surface area contributed by atoms with Gasteiger partial charge >= 0.3 is 0 Å². The minimum atomic E-state index is -1.50. The topological polar surface area (TPSA) is 57.2 Å². The third kappa shape index (κ3) is 9.09. The first kappa shape index (κ1) is 26.4. The summed E-state index contributed by atoms with van der Waals surface area (Å²) in [5.41, 5.74) is 0.247. The second kappa shape index (κ2) is 13.6. The van der Waals surface area contributed by atoms with E-state index < -0.39 is 17.5 Å². The van der Waals surface area contributed by atoms with Crippen LogP contribution in [0.3, 0.4) is 0 Å². The molecule has 0 bridgehead atoms. The number of nitrogens with zero attached hydrogens (tertiary/aromatic N) is 3. The molecule has 1 aromatic rings. The first-order valence-corrected chi connectivity index (χ1v) is 8.67. The number of ether oxygens (including phenoxy) is 1. The van der Waals surface area contributed by atoms with Crippen LogP contribution in [0, 0.1) is 17.5 Å². The molecule has 160 valence electrons. The molecule has 1 rings (SSSR count). The van der Waals surface area contributed by atoms with Crippen LogP contribution in [-0.4, -0.2) is 69.1 Å². The number of hydrogen-bond donors (Lipinski definition) is 1. The lowest BCUT2D eigenvalue weighted by Crippen LogP contribution is -2.40. The van der Waals surface area contributed by atoms with Crippen molar-refractivity contribution in [2.45, 2.75) is 19.9 Å². The first-order chi connectivity index (χ1) is 12.8. The average Bonchev–Trinajstić information content (AvgIpc) is 2.61. The molecular formula is C18H28F3IN4O2. The van der Waals surface area contributed by atoms with Crippen LogP contribution in [0.5, 0.6) is 0 Å². The molecule has 28 heavy (non-hydrogen) atoms. The highest BCUT2D eigenvalue weighted by Gasteiger charge is 2.14. The van der Waals surface area contributed by atoms with Gasteiger partial charge in [-0.15, -0.1) is 24.0 Å². The van der Waals surface area contributed by atoms with Crippen molar-refractivity contribution in [3.8, 4) is 0 Å². The van der Waals surface area contributed by atoms with Gasteiger partial charge in [-0.2, -0.15) is 0 Å². The van der Waals surface area contributed by atoms with Crippen molar-refractivity contribution in [3.63, 3.8) is 0 Å². The summed E-state index contributed by atoms with van der Waals surface area (Å²) in [4.78, 5) is 19.1. The minimum absolute atomic E-state index is 0. The number of likely N-dealkylation sites (N-methyl/N-ethyl adjacent to an activating group) is 1. The van der Waals surface area contributed by atoms with E-state index in [1.54, 1.807) is 26.0 Å². The van der Waals surface area contributed by atoms with Gasteiger partial charge in [0.05, 0.1) is 0 Å². The number of nitrogens with one attached hydrogen (secondary N) is 1. The van der Waals surface area contributed by atoms with Crippen LogP contribution in [-0.2, 0) is 16.1 Å². The highest BCUT2D eigenvalue weighted by molar-refractivity contribution is 14.0. The molecule has 0 atom stereocenters. The van der Waals surface area contributed by atoms with Gasteiger partial charge in [0, 0.05) is 47.4 Å². The molecule has 1 aromatic carbocycles. The summed E-state index contributed by atoms with van der Waals surface area (Å²) in [5.74, 6) is -3.78. The number of halogens is 4. The molecule has 0 aliphatic heterocycles. The van der Waals surface area contributed by atoms with Crippen molar-refractivity contribution in [1.29, 1.82) is 0 Å². The zero-order chi connectivity index (χ0) is 20.4. The van der Waals surface area contributed by atoms with Crippen LogP contribution in [0.2, 0.25) is 0 Å². The van der Waals surface area contributed by atoms with Crippen molar-refractivity contribution in [1.82, 2.24) is 15.1 Å². The standard InChI is InChI=1S/C18H27F3N4O2.HI/c1-5-27-8-6-7-22-18(23-11-16(26)24(2)3)25(4)12-13-9-14(19)17(21)15(20)10-13;/h9-10H,5-8,11-12H2,1-4H3,(H,22,23);1H. The lowest BCUT2D eigenvalue weighted by molar-refractivity contribution is -0.127. The maximum Gasteiger partial charge on any atom is 0.243 e. The van der Waals surface area contributed by atoms with E-state index in [9.17, 15) is 18.0 Å². The van der Waals surface area contributed by atoms with Gasteiger partial charge in [-0.1, -0.05) is 0 Å². The van der Waals surface area contributed by atoms with Gasteiger partial charge in [0.15, 0.2) is 23.4 Å². The molecule has 0 aromatic heterocycles. The summed E-state index contributed by atoms with van der Waals surface area (Å²) in [5, 5.41) is 3.10. The normalized spacial score (nSPS) is 11.0. The fourth-order valence-electron chi connectivity index (χ4n) is 2.16. The van der Waals surface area contributed by atoms with Crippen molar-refractivity contribution in [2.75, 3.05) is 47.4 Å². The van der Waals surface area contributed by atoms with Crippen LogP contribution in [0.15, 0.2) is 17.1 Å². The molecule has 1 N–H and O–H groups in total. The minimum Gasteiger partial charge on any atom is -0.382 e.